The fourth-order valence-corrected chi connectivity index (χ4v) is 5.44. The Morgan fingerprint density at radius 2 is 1.81 bits per heavy atom. The average Bonchev–Trinajstić information content (AvgIpc) is 2.98. The van der Waals surface area contributed by atoms with Crippen molar-refractivity contribution in [3.8, 4) is 23.1 Å². The number of carbonyl (C=O) groups is 3. The zero-order valence-corrected chi connectivity index (χ0v) is 24.5. The van der Waals surface area contributed by atoms with Gasteiger partial charge in [0.05, 0.1) is 28.8 Å². The van der Waals surface area contributed by atoms with Gasteiger partial charge >= 0.3 is 5.97 Å². The lowest BCUT2D eigenvalue weighted by atomic mass is 9.96. The molecule has 1 unspecified atom stereocenters. The van der Waals surface area contributed by atoms with Crippen molar-refractivity contribution in [2.75, 3.05) is 13.2 Å². The van der Waals surface area contributed by atoms with Gasteiger partial charge in [-0.05, 0) is 41.3 Å². The van der Waals surface area contributed by atoms with Gasteiger partial charge in [0, 0.05) is 30.9 Å². The number of ketones is 1. The van der Waals surface area contributed by atoms with E-state index in [1.165, 1.54) is 0 Å². The van der Waals surface area contributed by atoms with Gasteiger partial charge in [0.2, 0.25) is 6.19 Å². The molecule has 3 aromatic rings. The second-order valence-corrected chi connectivity index (χ2v) is 10.8. The summed E-state index contributed by atoms with van der Waals surface area (Å²) in [6.45, 7) is 0.450. The number of rotatable bonds is 12. The van der Waals surface area contributed by atoms with E-state index in [1.54, 1.807) is 18.3 Å². The summed E-state index contributed by atoms with van der Waals surface area (Å²) in [6.07, 6.45) is 2.37. The molecule has 222 valence electrons. The quantitative estimate of drug-likeness (QED) is 0.128. The Hall–Kier alpha value is -4.43. The van der Waals surface area contributed by atoms with E-state index in [0.717, 1.165) is 16.7 Å². The first-order valence-electron chi connectivity index (χ1n) is 13.5. The number of aliphatic carboxylic acids is 1. The van der Waals surface area contributed by atoms with Crippen LogP contribution in [-0.4, -0.2) is 47.8 Å². The molecule has 0 aromatic heterocycles. The molecule has 12 heteroatoms. The number of halogens is 2. The summed E-state index contributed by atoms with van der Waals surface area (Å²) in [5, 5.41) is 24.2. The average molecular weight is 623 g/mol. The summed E-state index contributed by atoms with van der Waals surface area (Å²) < 4.78 is 5.73. The minimum absolute atomic E-state index is 0.00868. The minimum atomic E-state index is -1.33. The molecule has 1 amide bonds. The third-order valence-corrected chi connectivity index (χ3v) is 7.53. The largest absolute Gasteiger partial charge is 0.493 e. The Bertz CT molecular complexity index is 1570. The summed E-state index contributed by atoms with van der Waals surface area (Å²) in [5.41, 5.74) is 8.98. The van der Waals surface area contributed by atoms with Gasteiger partial charge in [-0.1, -0.05) is 65.7 Å². The molecule has 10 nitrogen and oxygen atoms in total. The molecular formula is C31H29Cl2N5O5. The maximum atomic E-state index is 13.0. The number of amides is 1. The predicted molar refractivity (Wildman–Crippen MR) is 163 cm³/mol. The van der Waals surface area contributed by atoms with Gasteiger partial charge < -0.3 is 26.2 Å². The summed E-state index contributed by atoms with van der Waals surface area (Å²) in [7, 11) is 0. The van der Waals surface area contributed by atoms with Crippen molar-refractivity contribution in [2.45, 2.75) is 37.8 Å². The normalized spacial score (nSPS) is 15.0. The highest BCUT2D eigenvalue weighted by molar-refractivity contribution is 6.40. The zero-order chi connectivity index (χ0) is 30.9. The Kier molecular flexibility index (Phi) is 10.7. The fourth-order valence-electron chi connectivity index (χ4n) is 4.78. The predicted octanol–water partition coefficient (Wildman–Crippen LogP) is 4.69. The number of ether oxygens (including phenoxy) is 1. The monoisotopic (exact) mass is 621 g/mol. The molecule has 3 aromatic carbocycles. The number of aliphatic imine (C=N–C) groups is 1. The smallest absolute Gasteiger partial charge is 0.326 e. The highest BCUT2D eigenvalue weighted by atomic mass is 35.5. The van der Waals surface area contributed by atoms with Crippen LogP contribution in [0.3, 0.4) is 0 Å². The fraction of sp³-hybridized carbons (Fsp3) is 0.258. The molecule has 1 heterocycles. The first-order chi connectivity index (χ1) is 20.7. The number of hydrogen-bond acceptors (Lipinski definition) is 7. The Balaban J connectivity index is 1.35. The van der Waals surface area contributed by atoms with Crippen LogP contribution in [0.1, 0.15) is 46.8 Å². The van der Waals surface area contributed by atoms with Crippen LogP contribution < -0.4 is 21.1 Å². The van der Waals surface area contributed by atoms with E-state index in [4.69, 9.17) is 38.9 Å². The molecule has 0 bridgehead atoms. The lowest BCUT2D eigenvalue weighted by molar-refractivity contribution is -0.139. The van der Waals surface area contributed by atoms with Gasteiger partial charge in [-0.3, -0.25) is 9.59 Å². The van der Waals surface area contributed by atoms with Gasteiger partial charge in [-0.15, -0.1) is 0 Å². The number of hydrogen-bond donors (Lipinski definition) is 4. The topological polar surface area (TPSA) is 167 Å². The van der Waals surface area contributed by atoms with E-state index in [2.05, 4.69) is 15.6 Å². The molecule has 1 aliphatic heterocycles. The van der Waals surface area contributed by atoms with Crippen LogP contribution in [0, 0.1) is 11.5 Å². The number of nitrogens with zero attached hydrogens (tertiary/aromatic N) is 2. The number of nitriles is 1. The summed E-state index contributed by atoms with van der Waals surface area (Å²) in [6, 6.07) is 16.6. The molecule has 4 rings (SSSR count). The molecule has 1 aliphatic rings. The Labute approximate surface area is 258 Å². The first-order valence-corrected chi connectivity index (χ1v) is 14.2. The Morgan fingerprint density at radius 1 is 1.09 bits per heavy atom. The molecule has 5 N–H and O–H groups in total. The van der Waals surface area contributed by atoms with Crippen LogP contribution in [0.5, 0.6) is 5.75 Å². The van der Waals surface area contributed by atoms with Crippen molar-refractivity contribution in [3.63, 3.8) is 0 Å². The number of carboxylic acids is 1. The number of carboxylic acid groups (broad SMARTS) is 1. The van der Waals surface area contributed by atoms with Crippen molar-refractivity contribution in [3.05, 3.63) is 87.4 Å². The molecular weight excluding hydrogens is 593 g/mol. The Morgan fingerprint density at radius 3 is 2.49 bits per heavy atom. The number of fused-ring (bicyclic) bond motifs is 1. The van der Waals surface area contributed by atoms with Crippen LogP contribution in [-0.2, 0) is 16.0 Å². The standard InChI is InChI=1S/C31H29Cl2N5O5/c32-23-14-20(19-4-2-1-3-5-19)15-24(33)29(23)30(40)38-26(31(41)42)8-7-21(39)16-36-25-10-11-43-27-9-6-18(12-22(25)27)13-28(35)37-17-34/h1-6,9,12,14-15,25-26,36H,7-8,10-11,13,16H2,(H2,35,37)(H,38,40)(H,41,42)/t25?,26-/m0/s1. The summed E-state index contributed by atoms with van der Waals surface area (Å²) >= 11 is 12.8. The van der Waals surface area contributed by atoms with Crippen LogP contribution in [0.25, 0.3) is 11.1 Å². The number of benzene rings is 3. The lowest BCUT2D eigenvalue weighted by Gasteiger charge is -2.27. The molecule has 0 saturated carbocycles. The molecule has 0 spiro atoms. The second kappa shape index (κ2) is 14.6. The third kappa shape index (κ3) is 8.32. The number of nitrogens with one attached hydrogen (secondary N) is 2. The van der Waals surface area contributed by atoms with E-state index in [9.17, 15) is 19.5 Å². The molecule has 2 atom stereocenters. The maximum Gasteiger partial charge on any atom is 0.326 e. The van der Waals surface area contributed by atoms with Crippen LogP contribution in [0.2, 0.25) is 10.0 Å². The van der Waals surface area contributed by atoms with E-state index in [1.807, 2.05) is 48.5 Å². The van der Waals surface area contributed by atoms with Crippen LogP contribution in [0.4, 0.5) is 0 Å². The van der Waals surface area contributed by atoms with Crippen molar-refractivity contribution in [2.24, 2.45) is 10.7 Å². The van der Waals surface area contributed by atoms with E-state index in [-0.39, 0.29) is 52.7 Å². The van der Waals surface area contributed by atoms with E-state index in [0.29, 0.717) is 30.8 Å². The number of amidine groups is 1. The van der Waals surface area contributed by atoms with E-state index >= 15 is 0 Å². The highest BCUT2D eigenvalue weighted by Gasteiger charge is 2.26. The van der Waals surface area contributed by atoms with Gasteiger partial charge in [0.15, 0.2) is 0 Å². The molecule has 0 fully saturated rings. The van der Waals surface area contributed by atoms with Gasteiger partial charge in [0.25, 0.3) is 5.91 Å². The summed E-state index contributed by atoms with van der Waals surface area (Å²) in [5.74, 6) is -1.39. The van der Waals surface area contributed by atoms with Crippen molar-refractivity contribution in [1.82, 2.24) is 10.6 Å². The first kappa shape index (κ1) is 31.5. The SMILES string of the molecule is N#CN=C(N)Cc1ccc2c(c1)C(NCC(=O)CC[C@H](NC(=O)c1c(Cl)cc(-c3ccccc3)cc1Cl)C(=O)O)CCO2. The van der Waals surface area contributed by atoms with Gasteiger partial charge in [0.1, 0.15) is 23.4 Å². The maximum absolute atomic E-state index is 13.0. The van der Waals surface area contributed by atoms with Crippen LogP contribution in [0.15, 0.2) is 65.7 Å². The minimum Gasteiger partial charge on any atom is -0.493 e. The number of carbonyl (C=O) groups excluding carboxylic acids is 2. The molecule has 43 heavy (non-hydrogen) atoms. The summed E-state index contributed by atoms with van der Waals surface area (Å²) in [4.78, 5) is 41.2. The van der Waals surface area contributed by atoms with E-state index < -0.39 is 17.9 Å². The third-order valence-electron chi connectivity index (χ3n) is 6.93. The molecule has 0 radical (unpaired) electrons. The number of nitrogens with two attached hydrogens (primary N) is 1. The lowest BCUT2D eigenvalue weighted by Crippen LogP contribution is -2.41. The zero-order valence-electron chi connectivity index (χ0n) is 23.0. The second-order valence-electron chi connectivity index (χ2n) is 9.95. The molecule has 0 aliphatic carbocycles. The number of Topliss-reactive ketones (excluding diaryl/α,β-unsaturated/α-hetero) is 1. The van der Waals surface area contributed by atoms with Crippen LogP contribution >= 0.6 is 23.2 Å². The van der Waals surface area contributed by atoms with Gasteiger partial charge in [-0.2, -0.15) is 10.3 Å². The van der Waals surface area contributed by atoms with Crippen molar-refractivity contribution in [1.29, 1.82) is 5.26 Å². The van der Waals surface area contributed by atoms with Gasteiger partial charge in [-0.25, -0.2) is 4.79 Å². The molecule has 0 saturated heterocycles. The highest BCUT2D eigenvalue weighted by Crippen LogP contribution is 2.33. The van der Waals surface area contributed by atoms with Crippen molar-refractivity contribution < 1.29 is 24.2 Å². The van der Waals surface area contributed by atoms with Crippen molar-refractivity contribution >= 4 is 46.7 Å².